The van der Waals surface area contributed by atoms with Gasteiger partial charge in [-0.2, -0.15) is 4.31 Å². The minimum atomic E-state index is -3.97. The van der Waals surface area contributed by atoms with Gasteiger partial charge in [-0.15, -0.1) is 0 Å². The largest absolute Gasteiger partial charge is 0.493 e. The Bertz CT molecular complexity index is 2020. The van der Waals surface area contributed by atoms with Crippen LogP contribution in [0, 0.1) is 6.92 Å². The maximum Gasteiger partial charge on any atom is 0.340 e. The highest BCUT2D eigenvalue weighted by atomic mass is 35.5. The van der Waals surface area contributed by atoms with Crippen LogP contribution in [0.1, 0.15) is 35.1 Å². The maximum absolute atomic E-state index is 13.8. The summed E-state index contributed by atoms with van der Waals surface area (Å²) in [6, 6.07) is 22.4. The van der Waals surface area contributed by atoms with Crippen LogP contribution in [0.15, 0.2) is 105 Å². The summed E-state index contributed by atoms with van der Waals surface area (Å²) in [6.07, 6.45) is 1.96. The zero-order chi connectivity index (χ0) is 35.3. The SMILES string of the molecule is COC(=O)C1=C(C)N(CCc2ccc(OC)c(OC)c2)C(=O)/C1=C/c1ccc(CN(Cc2ccc(C)cc2)S(=O)(=O)c2ccc(Cl)cc2)o1. The van der Waals surface area contributed by atoms with Crippen LogP contribution in [0.3, 0.4) is 0 Å². The highest BCUT2D eigenvalue weighted by Crippen LogP contribution is 2.33. The number of benzene rings is 3. The second kappa shape index (κ2) is 15.1. The van der Waals surface area contributed by atoms with Crippen molar-refractivity contribution in [2.24, 2.45) is 0 Å². The van der Waals surface area contributed by atoms with E-state index in [0.29, 0.717) is 34.4 Å². The number of esters is 1. The van der Waals surface area contributed by atoms with Crippen LogP contribution < -0.4 is 9.47 Å². The fourth-order valence-electron chi connectivity index (χ4n) is 5.53. The molecule has 0 N–H and O–H groups in total. The number of halogens is 1. The van der Waals surface area contributed by atoms with E-state index in [1.165, 1.54) is 46.7 Å². The number of carbonyl (C=O) groups is 2. The zero-order valence-electron chi connectivity index (χ0n) is 27.9. The number of nitrogens with zero attached hydrogens (tertiary/aromatic N) is 2. The Hall–Kier alpha value is -4.84. The molecule has 3 aromatic carbocycles. The van der Waals surface area contributed by atoms with Crippen molar-refractivity contribution in [1.29, 1.82) is 0 Å². The van der Waals surface area contributed by atoms with Crippen molar-refractivity contribution in [2.75, 3.05) is 27.9 Å². The van der Waals surface area contributed by atoms with Crippen LogP contribution >= 0.6 is 11.6 Å². The third-order valence-corrected chi connectivity index (χ3v) is 10.3. The maximum atomic E-state index is 13.8. The summed E-state index contributed by atoms with van der Waals surface area (Å²) in [7, 11) is 0.402. The van der Waals surface area contributed by atoms with Crippen LogP contribution in [-0.2, 0) is 43.9 Å². The molecular weight excluding hydrogens is 668 g/mol. The predicted molar refractivity (Wildman–Crippen MR) is 185 cm³/mol. The van der Waals surface area contributed by atoms with Crippen LogP contribution in [0.4, 0.5) is 0 Å². The summed E-state index contributed by atoms with van der Waals surface area (Å²) >= 11 is 6.03. The van der Waals surface area contributed by atoms with Crippen LogP contribution in [0.5, 0.6) is 11.5 Å². The van der Waals surface area contributed by atoms with Gasteiger partial charge in [0.05, 0.1) is 43.9 Å². The Labute approximate surface area is 291 Å². The van der Waals surface area contributed by atoms with Gasteiger partial charge in [0.15, 0.2) is 11.5 Å². The number of furan rings is 1. The van der Waals surface area contributed by atoms with Gasteiger partial charge in [-0.25, -0.2) is 13.2 Å². The van der Waals surface area contributed by atoms with Gasteiger partial charge in [-0.3, -0.25) is 4.79 Å². The van der Waals surface area contributed by atoms with E-state index < -0.39 is 16.0 Å². The van der Waals surface area contributed by atoms with Gasteiger partial charge in [0.1, 0.15) is 11.5 Å². The van der Waals surface area contributed by atoms with Crippen LogP contribution in [0.25, 0.3) is 6.08 Å². The van der Waals surface area contributed by atoms with Gasteiger partial charge >= 0.3 is 5.97 Å². The minimum absolute atomic E-state index is 0.0876. The quantitative estimate of drug-likeness (QED) is 0.114. The zero-order valence-corrected chi connectivity index (χ0v) is 29.4. The molecule has 256 valence electrons. The number of ether oxygens (including phenoxy) is 3. The molecule has 0 saturated carbocycles. The van der Waals surface area contributed by atoms with E-state index in [2.05, 4.69) is 0 Å². The highest BCUT2D eigenvalue weighted by molar-refractivity contribution is 7.89. The van der Waals surface area contributed by atoms with Crippen molar-refractivity contribution in [2.45, 2.75) is 38.3 Å². The fourth-order valence-corrected chi connectivity index (χ4v) is 7.05. The highest BCUT2D eigenvalue weighted by Gasteiger charge is 2.37. The molecule has 0 spiro atoms. The number of hydrogen-bond acceptors (Lipinski definition) is 8. The normalized spacial score (nSPS) is 14.2. The van der Waals surface area contributed by atoms with Gasteiger partial charge in [-0.1, -0.05) is 47.5 Å². The molecule has 5 rings (SSSR count). The molecule has 1 aliphatic heterocycles. The topological polar surface area (TPSA) is 116 Å². The Morgan fingerprint density at radius 3 is 2.20 bits per heavy atom. The summed E-state index contributed by atoms with van der Waals surface area (Å²) in [4.78, 5) is 28.3. The van der Waals surface area contributed by atoms with Crippen molar-refractivity contribution in [3.63, 3.8) is 0 Å². The second-order valence-corrected chi connectivity index (χ2v) is 13.8. The Morgan fingerprint density at radius 1 is 0.878 bits per heavy atom. The first kappa shape index (κ1) is 35.5. The van der Waals surface area contributed by atoms with Gasteiger partial charge in [0, 0.05) is 23.8 Å². The minimum Gasteiger partial charge on any atom is -0.493 e. The summed E-state index contributed by atoms with van der Waals surface area (Å²) in [5.74, 6) is 0.735. The van der Waals surface area contributed by atoms with E-state index in [9.17, 15) is 18.0 Å². The first-order valence-corrected chi connectivity index (χ1v) is 17.2. The Kier molecular flexibility index (Phi) is 11.0. The molecule has 0 unspecified atom stereocenters. The van der Waals surface area contributed by atoms with Crippen LogP contribution in [0.2, 0.25) is 5.02 Å². The molecule has 1 aromatic heterocycles. The molecular formula is C37H37ClN2O8S. The average molecular weight is 705 g/mol. The molecule has 0 bridgehead atoms. The van der Waals surface area contributed by atoms with Gasteiger partial charge in [-0.05, 0) is 86.0 Å². The smallest absolute Gasteiger partial charge is 0.340 e. The number of amides is 1. The van der Waals surface area contributed by atoms with Crippen molar-refractivity contribution >= 4 is 39.6 Å². The first-order valence-electron chi connectivity index (χ1n) is 15.4. The van der Waals surface area contributed by atoms with E-state index in [4.69, 9.17) is 30.2 Å². The lowest BCUT2D eigenvalue weighted by molar-refractivity contribution is -0.136. The molecule has 2 heterocycles. The standard InChI is InChI=1S/C37H37ClN2O8S/c1-24-6-8-27(9-7-24)22-39(49(43,44)31-15-11-28(38)12-16-31)23-30-14-13-29(48-30)21-32-35(37(42)47-5)25(2)40(36(32)41)19-18-26-10-17-33(45-3)34(20-26)46-4/h6-17,20-21H,18-19,22-23H2,1-5H3/b32-21+. The number of sulfonamides is 1. The first-order chi connectivity index (χ1) is 23.4. The third kappa shape index (κ3) is 7.91. The number of rotatable bonds is 13. The monoisotopic (exact) mass is 704 g/mol. The van der Waals surface area contributed by atoms with E-state index in [-0.39, 0.29) is 47.3 Å². The van der Waals surface area contributed by atoms with E-state index >= 15 is 0 Å². The van der Waals surface area contributed by atoms with Crippen LogP contribution in [-0.4, -0.2) is 57.4 Å². The molecule has 4 aromatic rings. The van der Waals surface area contributed by atoms with E-state index in [1.54, 1.807) is 39.3 Å². The molecule has 0 aliphatic carbocycles. The van der Waals surface area contributed by atoms with Gasteiger partial charge < -0.3 is 23.5 Å². The van der Waals surface area contributed by atoms with E-state index in [1.807, 2.05) is 43.3 Å². The fraction of sp³-hybridized carbons (Fsp3) is 0.243. The summed E-state index contributed by atoms with van der Waals surface area (Å²) in [5, 5.41) is 0.421. The number of hydrogen-bond donors (Lipinski definition) is 0. The lowest BCUT2D eigenvalue weighted by Gasteiger charge is -2.21. The van der Waals surface area contributed by atoms with Crippen molar-refractivity contribution in [3.8, 4) is 11.5 Å². The number of carbonyl (C=O) groups excluding carboxylic acids is 2. The molecule has 0 fully saturated rings. The molecule has 0 saturated heterocycles. The molecule has 12 heteroatoms. The number of allylic oxidation sites excluding steroid dienone is 1. The molecule has 0 radical (unpaired) electrons. The van der Waals surface area contributed by atoms with Crippen molar-refractivity contribution in [3.05, 3.63) is 129 Å². The molecule has 1 amide bonds. The van der Waals surface area contributed by atoms with E-state index in [0.717, 1.165) is 16.7 Å². The lowest BCUT2D eigenvalue weighted by atomic mass is 10.1. The Balaban J connectivity index is 1.41. The molecule has 1 aliphatic rings. The third-order valence-electron chi connectivity index (χ3n) is 8.21. The van der Waals surface area contributed by atoms with Crippen molar-refractivity contribution in [1.82, 2.24) is 9.21 Å². The van der Waals surface area contributed by atoms with Gasteiger partial charge in [0.25, 0.3) is 5.91 Å². The lowest BCUT2D eigenvalue weighted by Crippen LogP contribution is -2.30. The molecule has 10 nitrogen and oxygen atoms in total. The second-order valence-electron chi connectivity index (χ2n) is 11.4. The molecule has 0 atom stereocenters. The number of aryl methyl sites for hydroxylation is 1. The number of methoxy groups -OCH3 is 3. The summed E-state index contributed by atoms with van der Waals surface area (Å²) < 4.78 is 50.8. The predicted octanol–water partition coefficient (Wildman–Crippen LogP) is 6.57. The summed E-state index contributed by atoms with van der Waals surface area (Å²) in [5.41, 5.74) is 3.46. The van der Waals surface area contributed by atoms with Crippen molar-refractivity contribution < 1.29 is 36.6 Å². The van der Waals surface area contributed by atoms with Gasteiger partial charge in [0.2, 0.25) is 10.0 Å². The Morgan fingerprint density at radius 2 is 1.55 bits per heavy atom. The molecule has 49 heavy (non-hydrogen) atoms. The average Bonchev–Trinajstić information content (AvgIpc) is 3.64. The summed E-state index contributed by atoms with van der Waals surface area (Å²) in [6.45, 7) is 3.94.